The van der Waals surface area contributed by atoms with Crippen LogP contribution in [0.1, 0.15) is 0 Å². The fraction of sp³-hybridized carbons (Fsp3) is 0. The molecule has 0 aliphatic heterocycles. The monoisotopic (exact) mass is 180 g/mol. The smallest absolute Gasteiger partial charge is 0.177 e. The van der Waals surface area contributed by atoms with Crippen LogP contribution < -0.4 is 0 Å². The van der Waals surface area contributed by atoms with Crippen LogP contribution in [0.2, 0.25) is 0 Å². The molecule has 0 heterocycles. The molecule has 0 bridgehead atoms. The van der Waals surface area contributed by atoms with Gasteiger partial charge in [0, 0.05) is 27.3 Å². The maximum absolute atomic E-state index is 8.57. The van der Waals surface area contributed by atoms with Crippen molar-refractivity contribution in [3.63, 3.8) is 0 Å². The topological polar surface area (TPSA) is 37.3 Å². The molecule has 1 unspecified atom stereocenters. The van der Waals surface area contributed by atoms with Crippen LogP contribution in [0.4, 0.5) is 0 Å². The predicted octanol–water partition coefficient (Wildman–Crippen LogP) is -0.353. The van der Waals surface area contributed by atoms with E-state index in [2.05, 4.69) is 0 Å². The van der Waals surface area contributed by atoms with Gasteiger partial charge in [-0.15, -0.1) is 0 Å². The van der Waals surface area contributed by atoms with Gasteiger partial charge in [0.05, 0.1) is 0 Å². The molecule has 1 N–H and O–H groups in total. The predicted molar refractivity (Wildman–Crippen MR) is 12.6 cm³/mol. The summed E-state index contributed by atoms with van der Waals surface area (Å²) in [5.41, 5.74) is 0. The third kappa shape index (κ3) is 11.2. The zero-order valence-electron chi connectivity index (χ0n) is 2.14. The Balaban J connectivity index is 0. The van der Waals surface area contributed by atoms with Crippen LogP contribution in [0.25, 0.3) is 0 Å². The van der Waals surface area contributed by atoms with E-state index in [4.69, 9.17) is 9.46 Å². The van der Waals surface area contributed by atoms with E-state index in [0.29, 0.717) is 0 Å². The van der Waals surface area contributed by atoms with Crippen molar-refractivity contribution in [1.29, 1.82) is 0 Å². The van der Waals surface area contributed by atoms with Crippen LogP contribution in [0.3, 0.4) is 0 Å². The van der Waals surface area contributed by atoms with Gasteiger partial charge in [-0.2, -0.15) is 0 Å². The molecule has 0 rings (SSSR count). The zero-order chi connectivity index (χ0) is 2.71. The van der Waals surface area contributed by atoms with Crippen LogP contribution in [0.5, 0.6) is 0 Å². The van der Waals surface area contributed by atoms with Crippen molar-refractivity contribution < 1.29 is 36.8 Å². The second kappa shape index (κ2) is 8.93. The fourth-order valence-corrected chi connectivity index (χ4v) is 0. The van der Waals surface area contributed by atoms with E-state index in [1.807, 2.05) is 0 Å². The maximum atomic E-state index is 8.57. The molecule has 0 saturated heterocycles. The summed E-state index contributed by atoms with van der Waals surface area (Å²) in [5, 5.41) is 0. The third-order valence-electron chi connectivity index (χ3n) is 0. The second-order valence-corrected chi connectivity index (χ2v) is 0.316. The quantitative estimate of drug-likeness (QED) is 0.407. The summed E-state index contributed by atoms with van der Waals surface area (Å²) in [7, 11) is -1.50. The molecule has 0 radical (unpaired) electrons. The van der Waals surface area contributed by atoms with Gasteiger partial charge in [0.25, 0.3) is 0 Å². The van der Waals surface area contributed by atoms with Crippen molar-refractivity contribution in [3.8, 4) is 0 Å². The van der Waals surface area contributed by atoms with Crippen LogP contribution in [-0.4, -0.2) is 4.89 Å². The SMILES string of the molecule is O=[PH2]O.[Cd]. The minimum absolute atomic E-state index is 0. The Morgan fingerprint density at radius 3 is 1.75 bits per heavy atom. The Morgan fingerprint density at radius 1 is 1.75 bits per heavy atom. The van der Waals surface area contributed by atoms with Gasteiger partial charge < -0.3 is 4.89 Å². The van der Waals surface area contributed by atoms with Crippen molar-refractivity contribution in [1.82, 2.24) is 0 Å². The van der Waals surface area contributed by atoms with Gasteiger partial charge in [0.1, 0.15) is 0 Å². The van der Waals surface area contributed by atoms with Crippen LogP contribution >= 0.6 is 8.69 Å². The van der Waals surface area contributed by atoms with E-state index >= 15 is 0 Å². The summed E-state index contributed by atoms with van der Waals surface area (Å²) in [6.07, 6.45) is 0. The average molecular weight is 178 g/mol. The van der Waals surface area contributed by atoms with Crippen molar-refractivity contribution in [2.45, 2.75) is 0 Å². The molecular weight excluding hydrogens is 175 g/mol. The molecule has 0 saturated carbocycles. The van der Waals surface area contributed by atoms with E-state index in [0.717, 1.165) is 0 Å². The Hall–Kier alpha value is 1.11. The first-order valence-corrected chi connectivity index (χ1v) is 1.48. The largest absolute Gasteiger partial charge is 0.348 e. The standard InChI is InChI=1S/Cd.H3O2P/c;1-3-2/h;3H2,(H,1,2). The summed E-state index contributed by atoms with van der Waals surface area (Å²) in [5.74, 6) is 0. The average Bonchev–Trinajstić information content (AvgIpc) is 0.918. The van der Waals surface area contributed by atoms with Crippen LogP contribution in [0.15, 0.2) is 0 Å². The Labute approximate surface area is 45.7 Å². The molecule has 0 fully saturated rings. The molecule has 2 nitrogen and oxygen atoms in total. The van der Waals surface area contributed by atoms with Crippen molar-refractivity contribution in [3.05, 3.63) is 0 Å². The van der Waals surface area contributed by atoms with Gasteiger partial charge in [-0.05, 0) is 0 Å². The molecule has 4 heteroatoms. The third-order valence-corrected chi connectivity index (χ3v) is 0. The van der Waals surface area contributed by atoms with Gasteiger partial charge in [0.2, 0.25) is 0 Å². The summed E-state index contributed by atoms with van der Waals surface area (Å²) in [6, 6.07) is 0. The molecule has 0 aromatic rings. The van der Waals surface area contributed by atoms with Gasteiger partial charge in [-0.25, -0.2) is 0 Å². The van der Waals surface area contributed by atoms with E-state index in [1.54, 1.807) is 0 Å². The van der Waals surface area contributed by atoms with Crippen molar-refractivity contribution in [2.24, 2.45) is 0 Å². The van der Waals surface area contributed by atoms with E-state index in [9.17, 15) is 0 Å². The summed E-state index contributed by atoms with van der Waals surface area (Å²) >= 11 is 0. The molecular formula is H3CdO2P. The summed E-state index contributed by atoms with van der Waals surface area (Å²) < 4.78 is 8.57. The van der Waals surface area contributed by atoms with Gasteiger partial charge >= 0.3 is 0 Å². The summed E-state index contributed by atoms with van der Waals surface area (Å²) in [4.78, 5) is 7.10. The maximum Gasteiger partial charge on any atom is 0.177 e. The van der Waals surface area contributed by atoms with E-state index < -0.39 is 8.69 Å². The Morgan fingerprint density at radius 2 is 1.75 bits per heavy atom. The molecule has 22 valence electrons. The molecule has 0 aliphatic carbocycles. The second-order valence-electron chi connectivity index (χ2n) is 0.105. The van der Waals surface area contributed by atoms with Crippen molar-refractivity contribution in [2.75, 3.05) is 0 Å². The zero-order valence-corrected chi connectivity index (χ0v) is 7.33. The molecule has 4 heavy (non-hydrogen) atoms. The molecule has 0 aromatic carbocycles. The van der Waals surface area contributed by atoms with E-state index in [-0.39, 0.29) is 27.3 Å². The minimum atomic E-state index is -1.50. The Bertz CT molecular complexity index is 13.5. The van der Waals surface area contributed by atoms with Crippen molar-refractivity contribution >= 4 is 8.69 Å². The fourth-order valence-electron chi connectivity index (χ4n) is 0. The van der Waals surface area contributed by atoms with E-state index in [1.165, 1.54) is 0 Å². The van der Waals surface area contributed by atoms with Crippen LogP contribution in [0, 0.1) is 0 Å². The summed E-state index contributed by atoms with van der Waals surface area (Å²) in [6.45, 7) is 0. The number of hydrogen-bond acceptors (Lipinski definition) is 1. The first-order valence-electron chi connectivity index (χ1n) is 0.494. The number of rotatable bonds is 0. The molecule has 0 amide bonds. The van der Waals surface area contributed by atoms with Gasteiger partial charge in [-0.1, -0.05) is 0 Å². The first-order chi connectivity index (χ1) is 1.41. The first kappa shape index (κ1) is 8.93. The molecule has 0 aliphatic rings. The van der Waals surface area contributed by atoms with Gasteiger partial charge in [0.15, 0.2) is 8.69 Å². The molecule has 0 aromatic heterocycles. The molecule has 1 atom stereocenters. The Kier molecular flexibility index (Phi) is 19.9. The van der Waals surface area contributed by atoms with Gasteiger partial charge in [-0.3, -0.25) is 4.57 Å². The van der Waals surface area contributed by atoms with Crippen LogP contribution in [-0.2, 0) is 31.9 Å². The minimum Gasteiger partial charge on any atom is -0.348 e. The normalized spacial score (nSPS) is 7.25. The number of hydrogen-bond donors (Lipinski definition) is 1. The molecule has 0 spiro atoms.